The molecule has 1 aromatic rings. The number of nitrogens with zero attached hydrogens (tertiary/aromatic N) is 4. The predicted octanol–water partition coefficient (Wildman–Crippen LogP) is 2.21. The van der Waals surface area contributed by atoms with Crippen LogP contribution in [0.3, 0.4) is 0 Å². The van der Waals surface area contributed by atoms with Crippen LogP contribution in [0.4, 0.5) is 0 Å². The van der Waals surface area contributed by atoms with Gasteiger partial charge in [0.2, 0.25) is 0 Å². The molecule has 1 rings (SSSR count). The summed E-state index contributed by atoms with van der Waals surface area (Å²) < 4.78 is 0. The Morgan fingerprint density at radius 1 is 1.79 bits per heavy atom. The molecule has 1 unspecified atom stereocenters. The molecule has 6 heteroatoms. The first-order chi connectivity index (χ1) is 6.88. The zero-order valence-corrected chi connectivity index (χ0v) is 8.24. The molecule has 1 atom stereocenters. The van der Waals surface area contributed by atoms with Gasteiger partial charge in [-0.2, -0.15) is 5.26 Å². The van der Waals surface area contributed by atoms with Gasteiger partial charge in [0.1, 0.15) is 6.04 Å². The van der Waals surface area contributed by atoms with Gasteiger partial charge in [-0.25, -0.2) is 0 Å². The Hall–Kier alpha value is -1.54. The number of thiophene rings is 1. The molecular weight excluding hydrogens is 198 g/mol. The van der Waals surface area contributed by atoms with Gasteiger partial charge in [-0.15, -0.1) is 11.3 Å². The molecule has 14 heavy (non-hydrogen) atoms. The van der Waals surface area contributed by atoms with Gasteiger partial charge in [-0.1, -0.05) is 11.2 Å². The molecule has 0 bridgehead atoms. The van der Waals surface area contributed by atoms with Crippen molar-refractivity contribution in [1.82, 2.24) is 5.32 Å². The van der Waals surface area contributed by atoms with Crippen LogP contribution in [0.5, 0.6) is 0 Å². The van der Waals surface area contributed by atoms with Crippen molar-refractivity contribution in [1.29, 1.82) is 5.26 Å². The molecule has 0 fully saturated rings. The van der Waals surface area contributed by atoms with E-state index in [1.165, 1.54) is 11.3 Å². The first kappa shape index (κ1) is 10.5. The number of azide groups is 1. The number of rotatable bonds is 5. The lowest BCUT2D eigenvalue weighted by molar-refractivity contribution is 0.643. The Morgan fingerprint density at radius 3 is 3.21 bits per heavy atom. The van der Waals surface area contributed by atoms with Crippen molar-refractivity contribution >= 4 is 11.3 Å². The minimum atomic E-state index is -0.302. The van der Waals surface area contributed by atoms with Crippen molar-refractivity contribution < 1.29 is 0 Å². The highest BCUT2D eigenvalue weighted by atomic mass is 32.1. The maximum absolute atomic E-state index is 8.85. The quantitative estimate of drug-likeness (QED) is 0.347. The maximum Gasteiger partial charge on any atom is 0.130 e. The second kappa shape index (κ2) is 6.00. The molecule has 72 valence electrons. The van der Waals surface area contributed by atoms with Gasteiger partial charge in [0.15, 0.2) is 0 Å². The molecule has 0 saturated heterocycles. The summed E-state index contributed by atoms with van der Waals surface area (Å²) in [6.45, 7) is 0.875. The second-order valence-corrected chi connectivity index (χ2v) is 3.47. The fourth-order valence-corrected chi connectivity index (χ4v) is 1.71. The van der Waals surface area contributed by atoms with E-state index in [1.54, 1.807) is 0 Å². The average Bonchev–Trinajstić information content (AvgIpc) is 2.71. The Morgan fingerprint density at radius 2 is 2.64 bits per heavy atom. The van der Waals surface area contributed by atoms with Gasteiger partial charge >= 0.3 is 0 Å². The third-order valence-corrected chi connectivity index (χ3v) is 2.52. The zero-order chi connectivity index (χ0) is 10.2. The standard InChI is InChI=1S/C8H9N5S/c9-6-7(8-2-1-5-14-8)11-3-4-12-13-10/h1-2,5,7,11H,3-4H2. The summed E-state index contributed by atoms with van der Waals surface area (Å²) in [5, 5.41) is 17.1. The van der Waals surface area contributed by atoms with Gasteiger partial charge in [-0.3, -0.25) is 5.32 Å². The van der Waals surface area contributed by atoms with E-state index in [4.69, 9.17) is 10.8 Å². The molecule has 5 nitrogen and oxygen atoms in total. The summed E-state index contributed by atoms with van der Waals surface area (Å²) in [5.74, 6) is 0. The molecule has 0 aromatic carbocycles. The predicted molar refractivity (Wildman–Crippen MR) is 54.7 cm³/mol. The molecule has 1 aromatic heterocycles. The Labute approximate surface area is 85.6 Å². The number of hydrogen-bond acceptors (Lipinski definition) is 4. The van der Waals surface area contributed by atoms with Crippen molar-refractivity contribution in [3.05, 3.63) is 32.8 Å². The average molecular weight is 207 g/mol. The third kappa shape index (κ3) is 3.07. The largest absolute Gasteiger partial charge is 0.297 e. The van der Waals surface area contributed by atoms with Crippen molar-refractivity contribution in [3.8, 4) is 6.07 Å². The lowest BCUT2D eigenvalue weighted by Crippen LogP contribution is -2.21. The van der Waals surface area contributed by atoms with Crippen molar-refractivity contribution in [2.45, 2.75) is 6.04 Å². The summed E-state index contributed by atoms with van der Waals surface area (Å²) in [7, 11) is 0. The summed E-state index contributed by atoms with van der Waals surface area (Å²) in [6.07, 6.45) is 0. The van der Waals surface area contributed by atoms with E-state index in [-0.39, 0.29) is 6.04 Å². The van der Waals surface area contributed by atoms with E-state index in [9.17, 15) is 0 Å². The fourth-order valence-electron chi connectivity index (χ4n) is 0.969. The summed E-state index contributed by atoms with van der Waals surface area (Å²) >= 11 is 1.53. The first-order valence-electron chi connectivity index (χ1n) is 4.05. The molecule has 0 aliphatic heterocycles. The highest BCUT2D eigenvalue weighted by molar-refractivity contribution is 7.10. The van der Waals surface area contributed by atoms with Crippen LogP contribution in [0.2, 0.25) is 0 Å². The van der Waals surface area contributed by atoms with Gasteiger partial charge < -0.3 is 0 Å². The van der Waals surface area contributed by atoms with Crippen LogP contribution < -0.4 is 5.32 Å². The van der Waals surface area contributed by atoms with Crippen molar-refractivity contribution in [2.24, 2.45) is 5.11 Å². The molecule has 0 aliphatic carbocycles. The van der Waals surface area contributed by atoms with E-state index < -0.39 is 0 Å². The molecule has 0 saturated carbocycles. The fraction of sp³-hybridized carbons (Fsp3) is 0.375. The highest BCUT2D eigenvalue weighted by Gasteiger charge is 2.08. The molecule has 0 aliphatic rings. The lowest BCUT2D eigenvalue weighted by Gasteiger charge is -2.07. The van der Waals surface area contributed by atoms with Crippen LogP contribution in [0.1, 0.15) is 10.9 Å². The summed E-state index contributed by atoms with van der Waals surface area (Å²) in [5.41, 5.74) is 8.04. The highest BCUT2D eigenvalue weighted by Crippen LogP contribution is 2.17. The van der Waals surface area contributed by atoms with Crippen LogP contribution >= 0.6 is 11.3 Å². The van der Waals surface area contributed by atoms with E-state index in [0.717, 1.165) is 4.88 Å². The van der Waals surface area contributed by atoms with E-state index in [2.05, 4.69) is 21.4 Å². The SMILES string of the molecule is N#CC(NCCN=[N+]=[N-])c1cccs1. The second-order valence-electron chi connectivity index (χ2n) is 2.49. The number of nitriles is 1. The smallest absolute Gasteiger partial charge is 0.130 e. The normalized spacial score (nSPS) is 11.4. The van der Waals surface area contributed by atoms with Crippen molar-refractivity contribution in [2.75, 3.05) is 13.1 Å². The van der Waals surface area contributed by atoms with Gasteiger partial charge in [0.25, 0.3) is 0 Å². The monoisotopic (exact) mass is 207 g/mol. The summed E-state index contributed by atoms with van der Waals surface area (Å²) in [4.78, 5) is 3.61. The first-order valence-corrected chi connectivity index (χ1v) is 4.93. The topological polar surface area (TPSA) is 84.6 Å². The lowest BCUT2D eigenvalue weighted by atomic mass is 10.2. The van der Waals surface area contributed by atoms with Gasteiger partial charge in [-0.05, 0) is 17.0 Å². The van der Waals surface area contributed by atoms with E-state index >= 15 is 0 Å². The van der Waals surface area contributed by atoms with Crippen LogP contribution in [0.25, 0.3) is 10.4 Å². The van der Waals surface area contributed by atoms with E-state index in [0.29, 0.717) is 13.1 Å². The molecule has 1 N–H and O–H groups in total. The minimum absolute atomic E-state index is 0.302. The molecule has 0 spiro atoms. The van der Waals surface area contributed by atoms with Crippen LogP contribution in [-0.2, 0) is 0 Å². The van der Waals surface area contributed by atoms with Crippen LogP contribution in [0, 0.1) is 11.3 Å². The number of hydrogen-bond donors (Lipinski definition) is 1. The Bertz CT molecular complexity index is 346. The number of nitrogens with one attached hydrogen (secondary N) is 1. The zero-order valence-electron chi connectivity index (χ0n) is 7.42. The van der Waals surface area contributed by atoms with Gasteiger partial charge in [0.05, 0.1) is 6.07 Å². The van der Waals surface area contributed by atoms with Gasteiger partial charge in [0, 0.05) is 22.9 Å². The van der Waals surface area contributed by atoms with Crippen molar-refractivity contribution in [3.63, 3.8) is 0 Å². The minimum Gasteiger partial charge on any atom is -0.297 e. The Balaban J connectivity index is 2.41. The maximum atomic E-state index is 8.85. The molecular formula is C8H9N5S. The molecule has 0 amide bonds. The summed E-state index contributed by atoms with van der Waals surface area (Å²) in [6, 6.07) is 5.65. The van der Waals surface area contributed by atoms with E-state index in [1.807, 2.05) is 17.5 Å². The van der Waals surface area contributed by atoms with Crippen LogP contribution in [0.15, 0.2) is 22.6 Å². The molecule has 1 heterocycles. The molecule has 0 radical (unpaired) electrons. The third-order valence-electron chi connectivity index (χ3n) is 1.58. The Kier molecular flexibility index (Phi) is 4.51. The van der Waals surface area contributed by atoms with Crippen LogP contribution in [-0.4, -0.2) is 13.1 Å².